The Bertz CT molecular complexity index is 1500. The van der Waals surface area contributed by atoms with Crippen molar-refractivity contribution in [3.05, 3.63) is 72.9 Å². The van der Waals surface area contributed by atoms with Crippen LogP contribution in [0, 0.1) is 0 Å². The third-order valence-electron chi connectivity index (χ3n) is 15.9. The maximum Gasteiger partial charge on any atom is 0.306 e. The van der Waals surface area contributed by atoms with Gasteiger partial charge in [-0.05, 0) is 89.9 Å². The van der Waals surface area contributed by atoms with Crippen molar-refractivity contribution in [2.24, 2.45) is 0 Å². The topological polar surface area (TPSA) is 78.9 Å². The number of allylic oxidation sites excluding steroid dienone is 12. The molecule has 0 aliphatic carbocycles. The summed E-state index contributed by atoms with van der Waals surface area (Å²) in [7, 11) is 0. The molecule has 0 heterocycles. The molecule has 0 rings (SSSR count). The first-order valence-corrected chi connectivity index (χ1v) is 35.9. The van der Waals surface area contributed by atoms with Crippen LogP contribution in [0.25, 0.3) is 0 Å². The molecule has 1 atom stereocenters. The molecule has 82 heavy (non-hydrogen) atoms. The third-order valence-corrected chi connectivity index (χ3v) is 15.9. The van der Waals surface area contributed by atoms with Crippen LogP contribution in [0.15, 0.2) is 72.9 Å². The van der Waals surface area contributed by atoms with Crippen LogP contribution in [0.4, 0.5) is 0 Å². The van der Waals surface area contributed by atoms with Gasteiger partial charge in [-0.25, -0.2) is 0 Å². The van der Waals surface area contributed by atoms with Gasteiger partial charge in [0, 0.05) is 19.3 Å². The minimum atomic E-state index is -0.782. The number of esters is 3. The lowest BCUT2D eigenvalue weighted by molar-refractivity contribution is -0.167. The summed E-state index contributed by atoms with van der Waals surface area (Å²) >= 11 is 0. The average molecular weight is 1150 g/mol. The molecule has 0 saturated heterocycles. The molecule has 476 valence electrons. The molecular weight excluding hydrogens is 1010 g/mol. The second-order valence-electron chi connectivity index (χ2n) is 24.1. The van der Waals surface area contributed by atoms with Crippen molar-refractivity contribution < 1.29 is 28.6 Å². The highest BCUT2D eigenvalue weighted by atomic mass is 16.6. The normalized spacial score (nSPS) is 12.5. The third kappa shape index (κ3) is 67.6. The van der Waals surface area contributed by atoms with Crippen molar-refractivity contribution >= 4 is 17.9 Å². The number of hydrogen-bond acceptors (Lipinski definition) is 6. The highest BCUT2D eigenvalue weighted by Crippen LogP contribution is 2.18. The Labute approximate surface area is 510 Å². The van der Waals surface area contributed by atoms with E-state index in [4.69, 9.17) is 14.2 Å². The summed E-state index contributed by atoms with van der Waals surface area (Å²) < 4.78 is 17.0. The number of rotatable bonds is 66. The van der Waals surface area contributed by atoms with E-state index in [1.54, 1.807) is 0 Å². The molecule has 0 spiro atoms. The van der Waals surface area contributed by atoms with Crippen LogP contribution < -0.4 is 0 Å². The van der Waals surface area contributed by atoms with Crippen molar-refractivity contribution in [1.29, 1.82) is 0 Å². The second-order valence-corrected chi connectivity index (χ2v) is 24.1. The highest BCUT2D eigenvalue weighted by molar-refractivity contribution is 5.71. The van der Waals surface area contributed by atoms with Crippen LogP contribution in [0.5, 0.6) is 0 Å². The molecule has 0 aromatic rings. The van der Waals surface area contributed by atoms with Crippen LogP contribution >= 0.6 is 0 Å². The van der Waals surface area contributed by atoms with Gasteiger partial charge in [-0.2, -0.15) is 0 Å². The number of ether oxygens (including phenoxy) is 3. The smallest absolute Gasteiger partial charge is 0.306 e. The molecule has 0 N–H and O–H groups in total. The van der Waals surface area contributed by atoms with E-state index in [0.717, 1.165) is 103 Å². The minimum Gasteiger partial charge on any atom is -0.462 e. The Morgan fingerprint density at radius 3 is 0.780 bits per heavy atom. The van der Waals surface area contributed by atoms with E-state index in [-0.39, 0.29) is 31.1 Å². The van der Waals surface area contributed by atoms with Gasteiger partial charge in [0.2, 0.25) is 0 Å². The quantitative estimate of drug-likeness (QED) is 0.0261. The first kappa shape index (κ1) is 78.8. The molecule has 1 unspecified atom stereocenters. The zero-order chi connectivity index (χ0) is 59.2. The summed E-state index contributed by atoms with van der Waals surface area (Å²) in [6.07, 6.45) is 92.3. The van der Waals surface area contributed by atoms with Crippen molar-refractivity contribution in [3.8, 4) is 0 Å². The lowest BCUT2D eigenvalue weighted by Gasteiger charge is -2.18. The maximum absolute atomic E-state index is 13.0. The number of carbonyl (C=O) groups is 3. The van der Waals surface area contributed by atoms with Crippen molar-refractivity contribution in [1.82, 2.24) is 0 Å². The number of unbranched alkanes of at least 4 members (excludes halogenated alkanes) is 43. The summed E-state index contributed by atoms with van der Waals surface area (Å²) in [4.78, 5) is 38.4. The summed E-state index contributed by atoms with van der Waals surface area (Å²) in [6.45, 7) is 6.55. The van der Waals surface area contributed by atoms with Gasteiger partial charge in [-0.15, -0.1) is 0 Å². The van der Waals surface area contributed by atoms with Gasteiger partial charge in [0.15, 0.2) is 6.10 Å². The Morgan fingerprint density at radius 2 is 0.476 bits per heavy atom. The SMILES string of the molecule is CC/C=C\C/C=C\C/C=C\C/C=C\C/C=C\CCCCCCCCCCCC(=O)OC(COC(=O)CCCCCCC/C=C\CCCCC)COC(=O)CCCCCCCCCCCCCCCCCCCCCCCCCCCCC. The van der Waals surface area contributed by atoms with Gasteiger partial charge >= 0.3 is 17.9 Å². The molecule has 0 radical (unpaired) electrons. The average Bonchev–Trinajstić information content (AvgIpc) is 3.47. The Hall–Kier alpha value is -3.15. The van der Waals surface area contributed by atoms with Crippen molar-refractivity contribution in [2.75, 3.05) is 13.2 Å². The maximum atomic E-state index is 13.0. The monoisotopic (exact) mass is 1150 g/mol. The fraction of sp³-hybridized carbons (Fsp3) is 0.803. The summed E-state index contributed by atoms with van der Waals surface area (Å²) in [5, 5.41) is 0. The summed E-state index contributed by atoms with van der Waals surface area (Å²) in [5.74, 6) is -0.872. The van der Waals surface area contributed by atoms with E-state index in [1.807, 2.05) is 0 Å². The predicted octanol–water partition coefficient (Wildman–Crippen LogP) is 24.8. The number of carbonyl (C=O) groups excluding carboxylic acids is 3. The lowest BCUT2D eigenvalue weighted by Crippen LogP contribution is -2.30. The van der Waals surface area contributed by atoms with Gasteiger partial charge in [-0.3, -0.25) is 14.4 Å². The lowest BCUT2D eigenvalue weighted by atomic mass is 10.0. The molecule has 0 fully saturated rings. The molecule has 0 bridgehead atoms. The summed E-state index contributed by atoms with van der Waals surface area (Å²) in [6, 6.07) is 0. The van der Waals surface area contributed by atoms with Crippen LogP contribution in [-0.4, -0.2) is 37.2 Å². The van der Waals surface area contributed by atoms with E-state index in [9.17, 15) is 14.4 Å². The molecule has 0 aliphatic heterocycles. The zero-order valence-corrected chi connectivity index (χ0v) is 54.8. The molecule has 0 saturated carbocycles. The van der Waals surface area contributed by atoms with E-state index >= 15 is 0 Å². The minimum absolute atomic E-state index is 0.0767. The second kappa shape index (κ2) is 70.3. The molecule has 0 aromatic heterocycles. The largest absolute Gasteiger partial charge is 0.462 e. The molecule has 6 nitrogen and oxygen atoms in total. The first-order chi connectivity index (χ1) is 40.5. The molecule has 0 amide bonds. The van der Waals surface area contributed by atoms with Gasteiger partial charge in [0.25, 0.3) is 0 Å². The Kier molecular flexibility index (Phi) is 67.6. The Balaban J connectivity index is 4.22. The van der Waals surface area contributed by atoms with Crippen molar-refractivity contribution in [2.45, 2.75) is 380 Å². The van der Waals surface area contributed by atoms with Gasteiger partial charge in [-0.1, -0.05) is 338 Å². The predicted molar refractivity (Wildman–Crippen MR) is 358 cm³/mol. The van der Waals surface area contributed by atoms with Crippen LogP contribution in [0.1, 0.15) is 374 Å². The van der Waals surface area contributed by atoms with Crippen molar-refractivity contribution in [3.63, 3.8) is 0 Å². The first-order valence-electron chi connectivity index (χ1n) is 35.9. The van der Waals surface area contributed by atoms with Crippen LogP contribution in [0.3, 0.4) is 0 Å². The van der Waals surface area contributed by atoms with Crippen LogP contribution in [-0.2, 0) is 28.6 Å². The summed E-state index contributed by atoms with van der Waals surface area (Å²) in [5.41, 5.74) is 0. The van der Waals surface area contributed by atoms with Gasteiger partial charge < -0.3 is 14.2 Å². The standard InChI is InChI=1S/C76H136O6/c1-4-7-10-13-16-19-22-25-27-29-31-33-35-37-38-40-41-43-45-47-49-51-54-57-60-63-66-69-75(78)81-72-73(71-80-74(77)68-65-62-59-56-53-24-21-18-15-12-9-6-3)82-76(79)70-67-64-61-58-55-52-50-48-46-44-42-39-36-34-32-30-28-26-23-20-17-14-11-8-5-2/h8,11,17-18,20-21,26,28,32,34,39,42,73H,4-7,9-10,12-16,19,22-25,27,29-31,33,35-38,40-41,43-72H2,1-3H3/b11-8-,20-17-,21-18-,28-26-,34-32-,42-39-. The fourth-order valence-corrected chi connectivity index (χ4v) is 10.6. The highest BCUT2D eigenvalue weighted by Gasteiger charge is 2.19. The molecule has 0 aromatic carbocycles. The van der Waals surface area contributed by atoms with Gasteiger partial charge in [0.05, 0.1) is 0 Å². The van der Waals surface area contributed by atoms with Gasteiger partial charge in [0.1, 0.15) is 13.2 Å². The number of hydrogen-bond donors (Lipinski definition) is 0. The van der Waals surface area contributed by atoms with E-state index < -0.39 is 6.10 Å². The van der Waals surface area contributed by atoms with Crippen LogP contribution in [0.2, 0.25) is 0 Å². The zero-order valence-electron chi connectivity index (χ0n) is 54.8. The van der Waals surface area contributed by atoms with E-state index in [1.165, 1.54) is 231 Å². The fourth-order valence-electron chi connectivity index (χ4n) is 10.6. The Morgan fingerprint density at radius 1 is 0.256 bits per heavy atom. The molecule has 6 heteroatoms. The molecular formula is C76H136O6. The van der Waals surface area contributed by atoms with E-state index in [2.05, 4.69) is 93.7 Å². The molecule has 0 aliphatic rings. The van der Waals surface area contributed by atoms with E-state index in [0.29, 0.717) is 19.3 Å².